The Balaban J connectivity index is 1.70. The van der Waals surface area contributed by atoms with Crippen molar-refractivity contribution in [2.45, 2.75) is 19.9 Å². The van der Waals surface area contributed by atoms with Gasteiger partial charge in [0.15, 0.2) is 0 Å². The van der Waals surface area contributed by atoms with Gasteiger partial charge >= 0.3 is 0 Å². The van der Waals surface area contributed by atoms with Gasteiger partial charge in [-0.2, -0.15) is 5.10 Å². The zero-order valence-electron chi connectivity index (χ0n) is 22.0. The first-order chi connectivity index (χ1) is 19.7. The molecule has 2 heterocycles. The molecule has 41 heavy (non-hydrogen) atoms. The first kappa shape index (κ1) is 27.9. The summed E-state index contributed by atoms with van der Waals surface area (Å²) < 4.78 is 1.37. The Morgan fingerprint density at radius 2 is 1.34 bits per heavy atom. The molecular formula is C31H23Cl2N5O3. The first-order valence-corrected chi connectivity index (χ1v) is 13.4. The number of carbonyl (C=O) groups is 2. The van der Waals surface area contributed by atoms with E-state index < -0.39 is 11.8 Å². The van der Waals surface area contributed by atoms with E-state index in [1.54, 1.807) is 30.3 Å². The number of imide groups is 1. The van der Waals surface area contributed by atoms with Crippen LogP contribution in [0.25, 0.3) is 22.5 Å². The summed E-state index contributed by atoms with van der Waals surface area (Å²) in [5.74, 6) is -1.41. The maximum Gasteiger partial charge on any atom is 0.267 e. The molecule has 0 aliphatic rings. The molecule has 5 aromatic rings. The molecule has 0 spiro atoms. The molecule has 2 aromatic heterocycles. The number of nitrogens with zero attached hydrogens (tertiary/aromatic N) is 5. The van der Waals surface area contributed by atoms with Gasteiger partial charge in [-0.05, 0) is 68.4 Å². The zero-order valence-corrected chi connectivity index (χ0v) is 23.5. The van der Waals surface area contributed by atoms with Gasteiger partial charge in [0.1, 0.15) is 0 Å². The summed E-state index contributed by atoms with van der Waals surface area (Å²) in [4.78, 5) is 50.1. The zero-order chi connectivity index (χ0) is 29.1. The Labute approximate surface area is 245 Å². The van der Waals surface area contributed by atoms with E-state index in [-0.39, 0.29) is 28.7 Å². The normalized spacial score (nSPS) is 11.0. The monoisotopic (exact) mass is 583 g/mol. The van der Waals surface area contributed by atoms with Crippen LogP contribution in [0.5, 0.6) is 0 Å². The van der Waals surface area contributed by atoms with Crippen LogP contribution in [-0.2, 0) is 0 Å². The number of carbonyl (C=O) groups excluding carboxylic acids is 2. The molecule has 204 valence electrons. The number of benzene rings is 3. The van der Waals surface area contributed by atoms with Gasteiger partial charge in [-0.3, -0.25) is 14.4 Å². The van der Waals surface area contributed by atoms with Crippen LogP contribution in [0.4, 0.5) is 5.95 Å². The smallest absolute Gasteiger partial charge is 0.267 e. The molecule has 0 saturated carbocycles. The minimum absolute atomic E-state index is 0.135. The van der Waals surface area contributed by atoms with Crippen LogP contribution in [-0.4, -0.2) is 31.6 Å². The molecule has 0 atom stereocenters. The SMILES string of the molecule is CC(C)n1nc(-c2cnc(N(C(=O)c3ccc(Cl)cc3)C(=O)c3ccc(Cl)cc3)nc2-c2ccccc2)ccc1=O. The Morgan fingerprint density at radius 1 is 0.780 bits per heavy atom. The van der Waals surface area contributed by atoms with Gasteiger partial charge in [0.05, 0.1) is 17.4 Å². The molecule has 0 fully saturated rings. The summed E-state index contributed by atoms with van der Waals surface area (Å²) in [6, 6.07) is 24.5. The van der Waals surface area contributed by atoms with Gasteiger partial charge in [-0.15, -0.1) is 0 Å². The van der Waals surface area contributed by atoms with Crippen molar-refractivity contribution in [2.75, 3.05) is 4.90 Å². The lowest BCUT2D eigenvalue weighted by Crippen LogP contribution is -2.38. The third-order valence-corrected chi connectivity index (χ3v) is 6.71. The summed E-state index contributed by atoms with van der Waals surface area (Å²) in [7, 11) is 0. The summed E-state index contributed by atoms with van der Waals surface area (Å²) in [5.41, 5.74) is 2.31. The molecule has 0 saturated heterocycles. The number of halogens is 2. The van der Waals surface area contributed by atoms with E-state index in [0.717, 1.165) is 4.90 Å². The lowest BCUT2D eigenvalue weighted by atomic mass is 10.0. The Kier molecular flexibility index (Phi) is 8.05. The predicted molar refractivity (Wildman–Crippen MR) is 159 cm³/mol. The van der Waals surface area contributed by atoms with Crippen molar-refractivity contribution in [1.82, 2.24) is 19.7 Å². The van der Waals surface area contributed by atoms with E-state index in [2.05, 4.69) is 10.1 Å². The van der Waals surface area contributed by atoms with E-state index in [9.17, 15) is 14.4 Å². The second-order valence-corrected chi connectivity index (χ2v) is 10.2. The highest BCUT2D eigenvalue weighted by Gasteiger charge is 2.30. The molecule has 0 unspecified atom stereocenters. The van der Waals surface area contributed by atoms with Gasteiger partial charge in [0.25, 0.3) is 17.4 Å². The molecule has 0 radical (unpaired) electrons. The van der Waals surface area contributed by atoms with Crippen LogP contribution in [0.15, 0.2) is 102 Å². The van der Waals surface area contributed by atoms with Gasteiger partial charge in [0.2, 0.25) is 5.95 Å². The van der Waals surface area contributed by atoms with E-state index in [0.29, 0.717) is 32.6 Å². The van der Waals surface area contributed by atoms with Crippen LogP contribution in [0.1, 0.15) is 40.6 Å². The highest BCUT2D eigenvalue weighted by molar-refractivity contribution is 6.31. The molecule has 8 nitrogen and oxygen atoms in total. The predicted octanol–water partition coefficient (Wildman–Crippen LogP) is 6.74. The van der Waals surface area contributed by atoms with Crippen LogP contribution in [0.2, 0.25) is 10.0 Å². The standard InChI is InChI=1S/C31H23Cl2N5O3/c1-19(2)38-27(39)17-16-26(36-38)25-18-34-31(35-28(25)20-6-4-3-5-7-20)37(29(40)21-8-12-23(32)13-9-21)30(41)22-10-14-24(33)15-11-22/h3-19H,1-2H3. The quantitative estimate of drug-likeness (QED) is 0.205. The highest BCUT2D eigenvalue weighted by Crippen LogP contribution is 2.31. The second-order valence-electron chi connectivity index (χ2n) is 9.35. The minimum atomic E-state index is -0.639. The molecule has 0 aliphatic carbocycles. The van der Waals surface area contributed by atoms with Crippen LogP contribution >= 0.6 is 23.2 Å². The average Bonchev–Trinajstić information content (AvgIpc) is 2.98. The average molecular weight is 584 g/mol. The molecule has 0 aliphatic heterocycles. The van der Waals surface area contributed by atoms with Crippen molar-refractivity contribution in [1.29, 1.82) is 0 Å². The maximum absolute atomic E-state index is 13.8. The number of hydrogen-bond acceptors (Lipinski definition) is 6. The van der Waals surface area contributed by atoms with Crippen LogP contribution in [0, 0.1) is 0 Å². The largest absolute Gasteiger partial charge is 0.268 e. The second kappa shape index (κ2) is 11.8. The van der Waals surface area contributed by atoms with Crippen molar-refractivity contribution in [3.8, 4) is 22.5 Å². The van der Waals surface area contributed by atoms with Crippen LogP contribution in [0.3, 0.4) is 0 Å². The van der Waals surface area contributed by atoms with Crippen molar-refractivity contribution >= 4 is 41.0 Å². The van der Waals surface area contributed by atoms with Crippen molar-refractivity contribution in [3.05, 3.63) is 129 Å². The van der Waals surface area contributed by atoms with Crippen molar-refractivity contribution in [3.63, 3.8) is 0 Å². The lowest BCUT2D eigenvalue weighted by Gasteiger charge is -2.21. The fourth-order valence-electron chi connectivity index (χ4n) is 4.14. The van der Waals surface area contributed by atoms with E-state index >= 15 is 0 Å². The number of rotatable bonds is 6. The van der Waals surface area contributed by atoms with Gasteiger partial charge in [-0.25, -0.2) is 19.5 Å². The molecule has 3 aromatic carbocycles. The van der Waals surface area contributed by atoms with Crippen LogP contribution < -0.4 is 10.5 Å². The topological polar surface area (TPSA) is 98.1 Å². The molecular weight excluding hydrogens is 561 g/mol. The number of aromatic nitrogens is 4. The van der Waals surface area contributed by atoms with Crippen molar-refractivity contribution in [2.24, 2.45) is 0 Å². The van der Waals surface area contributed by atoms with Gasteiger partial charge in [-0.1, -0.05) is 53.5 Å². The Hall–Kier alpha value is -4.66. The van der Waals surface area contributed by atoms with E-state index in [1.165, 1.54) is 41.2 Å². The van der Waals surface area contributed by atoms with Gasteiger partial charge < -0.3 is 0 Å². The molecule has 10 heteroatoms. The molecule has 0 N–H and O–H groups in total. The minimum Gasteiger partial charge on any atom is -0.268 e. The maximum atomic E-state index is 13.8. The molecule has 5 rings (SSSR count). The first-order valence-electron chi connectivity index (χ1n) is 12.7. The highest BCUT2D eigenvalue weighted by atomic mass is 35.5. The Morgan fingerprint density at radius 3 is 1.88 bits per heavy atom. The number of amides is 2. The van der Waals surface area contributed by atoms with Crippen molar-refractivity contribution < 1.29 is 9.59 Å². The lowest BCUT2D eigenvalue weighted by molar-refractivity contribution is 0.0895. The summed E-state index contributed by atoms with van der Waals surface area (Å²) in [6.45, 7) is 3.72. The third-order valence-electron chi connectivity index (χ3n) is 6.20. The fourth-order valence-corrected chi connectivity index (χ4v) is 4.39. The summed E-state index contributed by atoms with van der Waals surface area (Å²) >= 11 is 12.1. The summed E-state index contributed by atoms with van der Waals surface area (Å²) in [5, 5.41) is 5.42. The number of anilines is 1. The Bertz CT molecular complexity index is 1730. The van der Waals surface area contributed by atoms with E-state index in [1.807, 2.05) is 44.2 Å². The third kappa shape index (κ3) is 5.94. The van der Waals surface area contributed by atoms with Gasteiger partial charge in [0, 0.05) is 44.6 Å². The fraction of sp³-hybridized carbons (Fsp3) is 0.0968. The van der Waals surface area contributed by atoms with E-state index in [4.69, 9.17) is 28.2 Å². The molecule has 2 amide bonds. The molecule has 0 bridgehead atoms. The summed E-state index contributed by atoms with van der Waals surface area (Å²) in [6.07, 6.45) is 1.50. The number of hydrogen-bond donors (Lipinski definition) is 0.